The molecule has 0 aromatic heterocycles. The minimum Gasteiger partial charge on any atom is -0.388 e. The van der Waals surface area contributed by atoms with Crippen LogP contribution >= 0.6 is 0 Å². The molecule has 0 amide bonds. The molecule has 0 saturated carbocycles. The molecule has 4 heteroatoms. The van der Waals surface area contributed by atoms with Crippen LogP contribution in [0.4, 0.5) is 0 Å². The Labute approximate surface area is 98.6 Å². The Morgan fingerprint density at radius 2 is 2.00 bits per heavy atom. The van der Waals surface area contributed by atoms with Crippen molar-refractivity contribution in [3.8, 4) is 0 Å². The molecular weight excluding hydrogens is 202 g/mol. The van der Waals surface area contributed by atoms with Gasteiger partial charge in [0.1, 0.15) is 0 Å². The van der Waals surface area contributed by atoms with Crippen molar-refractivity contribution in [3.05, 3.63) is 0 Å². The zero-order chi connectivity index (χ0) is 12.6. The predicted molar refractivity (Wildman–Crippen MR) is 66.8 cm³/mol. The SMILES string of the molecule is CN(CCC(=N)N)C1CC(C)(C)OC1(C)C. The first-order valence-electron chi connectivity index (χ1n) is 5.87. The third-order valence-corrected chi connectivity index (χ3v) is 3.29. The molecule has 0 bridgehead atoms. The summed E-state index contributed by atoms with van der Waals surface area (Å²) in [6.07, 6.45) is 1.65. The second kappa shape index (κ2) is 4.34. The lowest BCUT2D eigenvalue weighted by Crippen LogP contribution is -2.45. The highest BCUT2D eigenvalue weighted by molar-refractivity contribution is 5.76. The van der Waals surface area contributed by atoms with Crippen LogP contribution in [-0.4, -0.2) is 41.6 Å². The van der Waals surface area contributed by atoms with Crippen LogP contribution in [0.3, 0.4) is 0 Å². The average molecular weight is 227 g/mol. The number of nitrogens with zero attached hydrogens (tertiary/aromatic N) is 1. The van der Waals surface area contributed by atoms with Gasteiger partial charge in [-0.2, -0.15) is 0 Å². The van der Waals surface area contributed by atoms with Gasteiger partial charge in [-0.25, -0.2) is 0 Å². The molecule has 1 atom stereocenters. The standard InChI is InChI=1S/C12H25N3O/c1-11(2)8-9(12(3,4)16-11)15(5)7-6-10(13)14/h9H,6-8H2,1-5H3,(H3,13,14). The first-order valence-corrected chi connectivity index (χ1v) is 5.87. The van der Waals surface area contributed by atoms with Crippen molar-refractivity contribution < 1.29 is 4.74 Å². The fourth-order valence-electron chi connectivity index (χ4n) is 2.67. The lowest BCUT2D eigenvalue weighted by Gasteiger charge is -2.33. The zero-order valence-electron chi connectivity index (χ0n) is 11.1. The molecule has 94 valence electrons. The summed E-state index contributed by atoms with van der Waals surface area (Å²) in [5, 5.41) is 7.26. The number of hydrogen-bond acceptors (Lipinski definition) is 3. The number of ether oxygens (including phenoxy) is 1. The summed E-state index contributed by atoms with van der Waals surface area (Å²) < 4.78 is 6.05. The number of amidine groups is 1. The molecule has 4 nitrogen and oxygen atoms in total. The van der Waals surface area contributed by atoms with Gasteiger partial charge in [0.05, 0.1) is 17.0 Å². The highest BCUT2D eigenvalue weighted by atomic mass is 16.5. The average Bonchev–Trinajstić information content (AvgIpc) is 2.30. The second-order valence-electron chi connectivity index (χ2n) is 5.94. The van der Waals surface area contributed by atoms with Crippen molar-refractivity contribution in [2.24, 2.45) is 5.73 Å². The van der Waals surface area contributed by atoms with Gasteiger partial charge in [-0.15, -0.1) is 0 Å². The summed E-state index contributed by atoms with van der Waals surface area (Å²) >= 11 is 0. The van der Waals surface area contributed by atoms with Gasteiger partial charge in [0.15, 0.2) is 0 Å². The fourth-order valence-corrected chi connectivity index (χ4v) is 2.67. The van der Waals surface area contributed by atoms with Gasteiger partial charge in [0, 0.05) is 19.0 Å². The lowest BCUT2D eigenvalue weighted by molar-refractivity contribution is -0.0784. The quantitative estimate of drug-likeness (QED) is 0.566. The Morgan fingerprint density at radius 1 is 1.44 bits per heavy atom. The normalized spacial score (nSPS) is 27.2. The number of likely N-dealkylation sites (N-methyl/N-ethyl adjacent to an activating group) is 1. The minimum absolute atomic E-state index is 0.0569. The van der Waals surface area contributed by atoms with E-state index in [-0.39, 0.29) is 17.0 Å². The van der Waals surface area contributed by atoms with E-state index in [1.54, 1.807) is 0 Å². The van der Waals surface area contributed by atoms with E-state index in [0.717, 1.165) is 13.0 Å². The molecule has 3 N–H and O–H groups in total. The summed E-state index contributed by atoms with van der Waals surface area (Å²) in [4.78, 5) is 2.26. The molecule has 1 fully saturated rings. The molecule has 0 radical (unpaired) electrons. The van der Waals surface area contributed by atoms with E-state index in [0.29, 0.717) is 12.5 Å². The summed E-state index contributed by atoms with van der Waals surface area (Å²) in [6.45, 7) is 9.36. The Morgan fingerprint density at radius 3 is 2.38 bits per heavy atom. The topological polar surface area (TPSA) is 62.3 Å². The van der Waals surface area contributed by atoms with Gasteiger partial charge >= 0.3 is 0 Å². The van der Waals surface area contributed by atoms with E-state index in [2.05, 4.69) is 39.6 Å². The Balaban J connectivity index is 2.62. The van der Waals surface area contributed by atoms with E-state index in [1.807, 2.05) is 0 Å². The molecule has 0 spiro atoms. The van der Waals surface area contributed by atoms with Crippen molar-refractivity contribution in [2.75, 3.05) is 13.6 Å². The van der Waals surface area contributed by atoms with Crippen molar-refractivity contribution in [1.82, 2.24) is 4.90 Å². The third kappa shape index (κ3) is 3.19. The maximum absolute atomic E-state index is 7.26. The minimum atomic E-state index is -0.130. The first kappa shape index (κ1) is 13.5. The van der Waals surface area contributed by atoms with E-state index in [1.165, 1.54) is 0 Å². The number of hydrogen-bond donors (Lipinski definition) is 2. The van der Waals surface area contributed by atoms with Gasteiger partial charge < -0.3 is 15.4 Å². The maximum Gasteiger partial charge on any atom is 0.0918 e. The lowest BCUT2D eigenvalue weighted by atomic mass is 9.93. The van der Waals surface area contributed by atoms with Crippen molar-refractivity contribution >= 4 is 5.84 Å². The van der Waals surface area contributed by atoms with Crippen LogP contribution in [0.25, 0.3) is 0 Å². The summed E-state index contributed by atoms with van der Waals surface area (Å²) in [6, 6.07) is 0.391. The number of nitrogens with two attached hydrogens (primary N) is 1. The highest BCUT2D eigenvalue weighted by Crippen LogP contribution is 2.39. The smallest absolute Gasteiger partial charge is 0.0918 e. The zero-order valence-corrected chi connectivity index (χ0v) is 11.1. The van der Waals surface area contributed by atoms with E-state index < -0.39 is 0 Å². The largest absolute Gasteiger partial charge is 0.388 e. The molecule has 16 heavy (non-hydrogen) atoms. The van der Waals surface area contributed by atoms with Gasteiger partial charge in [0.25, 0.3) is 0 Å². The summed E-state index contributed by atoms with van der Waals surface area (Å²) in [5.41, 5.74) is 5.20. The van der Waals surface area contributed by atoms with Crippen LogP contribution in [0.1, 0.15) is 40.5 Å². The molecule has 1 heterocycles. The third-order valence-electron chi connectivity index (χ3n) is 3.29. The van der Waals surface area contributed by atoms with Crippen LogP contribution < -0.4 is 5.73 Å². The van der Waals surface area contributed by atoms with E-state index >= 15 is 0 Å². The van der Waals surface area contributed by atoms with Crippen molar-refractivity contribution in [2.45, 2.75) is 57.8 Å². The summed E-state index contributed by atoms with van der Waals surface area (Å²) in [5.74, 6) is 0.253. The molecule has 1 aliphatic rings. The molecule has 1 aliphatic heterocycles. The van der Waals surface area contributed by atoms with Crippen LogP contribution in [0, 0.1) is 5.41 Å². The molecule has 0 aromatic rings. The number of rotatable bonds is 4. The van der Waals surface area contributed by atoms with Gasteiger partial charge in [-0.1, -0.05) is 0 Å². The Hall–Kier alpha value is -0.610. The molecular formula is C12H25N3O. The first-order chi connectivity index (χ1) is 7.14. The Bertz CT molecular complexity index is 273. The van der Waals surface area contributed by atoms with Crippen LogP contribution in [0.5, 0.6) is 0 Å². The molecule has 1 saturated heterocycles. The van der Waals surface area contributed by atoms with Crippen molar-refractivity contribution in [3.63, 3.8) is 0 Å². The van der Waals surface area contributed by atoms with Gasteiger partial charge in [0.2, 0.25) is 0 Å². The van der Waals surface area contributed by atoms with Crippen LogP contribution in [-0.2, 0) is 4.74 Å². The van der Waals surface area contributed by atoms with E-state index in [4.69, 9.17) is 15.9 Å². The summed E-state index contributed by atoms with van der Waals surface area (Å²) in [7, 11) is 2.08. The number of nitrogens with one attached hydrogen (secondary N) is 1. The molecule has 1 unspecified atom stereocenters. The van der Waals surface area contributed by atoms with Crippen LogP contribution in [0.15, 0.2) is 0 Å². The molecule has 0 aliphatic carbocycles. The highest BCUT2D eigenvalue weighted by Gasteiger charge is 2.47. The van der Waals surface area contributed by atoms with Crippen LogP contribution in [0.2, 0.25) is 0 Å². The Kier molecular flexibility index (Phi) is 3.65. The van der Waals surface area contributed by atoms with E-state index in [9.17, 15) is 0 Å². The monoisotopic (exact) mass is 227 g/mol. The molecule has 0 aromatic carbocycles. The van der Waals surface area contributed by atoms with Gasteiger partial charge in [-0.05, 0) is 41.2 Å². The maximum atomic E-state index is 7.26. The molecule has 1 rings (SSSR count). The predicted octanol–water partition coefficient (Wildman–Crippen LogP) is 1.59. The second-order valence-corrected chi connectivity index (χ2v) is 5.94. The van der Waals surface area contributed by atoms with Gasteiger partial charge in [-0.3, -0.25) is 5.41 Å². The van der Waals surface area contributed by atoms with Crippen molar-refractivity contribution in [1.29, 1.82) is 5.41 Å². The fraction of sp³-hybridized carbons (Fsp3) is 0.917.